The van der Waals surface area contributed by atoms with Gasteiger partial charge in [-0.1, -0.05) is 0 Å². The van der Waals surface area contributed by atoms with Crippen molar-refractivity contribution in [2.45, 2.75) is 12.1 Å². The van der Waals surface area contributed by atoms with E-state index in [2.05, 4.69) is 97.9 Å². The number of rotatable bonds is 4. The van der Waals surface area contributed by atoms with Gasteiger partial charge in [0, 0.05) is 0 Å². The van der Waals surface area contributed by atoms with Crippen molar-refractivity contribution >= 4 is 26.6 Å². The number of halogens is 1. The molecule has 0 aliphatic heterocycles. The van der Waals surface area contributed by atoms with Crippen LogP contribution in [0.1, 0.15) is 6.92 Å². The van der Waals surface area contributed by atoms with Crippen LogP contribution in [0.5, 0.6) is 0 Å². The van der Waals surface area contributed by atoms with Crippen LogP contribution < -0.4 is 25.5 Å². The molecule has 2 heteroatoms. The third-order valence-electron chi connectivity index (χ3n) is 4.07. The zero-order valence-electron chi connectivity index (χ0n) is 12.7. The molecule has 0 saturated heterocycles. The van der Waals surface area contributed by atoms with Crippen molar-refractivity contribution in [2.75, 3.05) is 0 Å². The van der Waals surface area contributed by atoms with Crippen LogP contribution in [0, 0.1) is 0 Å². The molecule has 0 radical (unpaired) electrons. The van der Waals surface area contributed by atoms with Gasteiger partial charge >= 0.3 is 130 Å². The molecule has 0 N–H and O–H groups in total. The molecule has 0 nitrogen and oxygen atoms in total. The van der Waals surface area contributed by atoms with Gasteiger partial charge in [-0.25, -0.2) is 0 Å². The summed E-state index contributed by atoms with van der Waals surface area (Å²) in [6.45, 7) is 2.35. The quantitative estimate of drug-likeness (QED) is 0.575. The van der Waals surface area contributed by atoms with E-state index in [0.717, 1.165) is 0 Å². The average molecular weight is 371 g/mol. The molecule has 0 spiro atoms. The van der Waals surface area contributed by atoms with Crippen molar-refractivity contribution in [3.05, 3.63) is 91.0 Å². The molecular weight excluding hydrogens is 351 g/mol. The Morgan fingerprint density at radius 3 is 1.05 bits per heavy atom. The molecule has 0 aromatic heterocycles. The average Bonchev–Trinajstić information content (AvgIpc) is 2.59. The minimum absolute atomic E-state index is 0. The van der Waals surface area contributed by atoms with Gasteiger partial charge in [0.15, 0.2) is 0 Å². The second-order valence-corrected chi connectivity index (χ2v) is 13.1. The van der Waals surface area contributed by atoms with Gasteiger partial charge in [0.2, 0.25) is 0 Å². The maximum Gasteiger partial charge on any atom is -1.00 e. The summed E-state index contributed by atoms with van der Waals surface area (Å²) in [7, 11) is 0. The van der Waals surface area contributed by atoms with E-state index in [1.807, 2.05) is 0 Å². The largest absolute Gasteiger partial charge is 1.00 e. The Labute approximate surface area is 142 Å². The third kappa shape index (κ3) is 3.00. The maximum atomic E-state index is 2.35. The summed E-state index contributed by atoms with van der Waals surface area (Å²) in [6.07, 6.45) is 0. The standard InChI is InChI=1S/C20H20As.ClH/c1-2-21(18-12-6-3-7-13-18,19-14-8-4-9-15-19)20-16-10-5-11-17-20;/h3-17H,2H2,1H3;1H/q+1;/p-1. The third-order valence-corrected chi connectivity index (χ3v) is 13.5. The van der Waals surface area contributed by atoms with Crippen molar-refractivity contribution in [1.82, 2.24) is 0 Å². The first kappa shape index (κ1) is 16.9. The molecule has 22 heavy (non-hydrogen) atoms. The minimum atomic E-state index is -2.33. The molecule has 0 aliphatic carbocycles. The predicted molar refractivity (Wildman–Crippen MR) is 94.5 cm³/mol. The molecule has 3 aromatic rings. The van der Waals surface area contributed by atoms with Gasteiger partial charge in [0.1, 0.15) is 0 Å². The molecule has 0 unspecified atom stereocenters. The Kier molecular flexibility index (Phi) is 5.89. The summed E-state index contributed by atoms with van der Waals surface area (Å²) in [5, 5.41) is 1.20. The van der Waals surface area contributed by atoms with Crippen molar-refractivity contribution in [3.8, 4) is 0 Å². The number of hydrogen-bond acceptors (Lipinski definition) is 0. The topological polar surface area (TPSA) is 0 Å². The van der Waals surface area contributed by atoms with Crippen LogP contribution in [-0.4, -0.2) is 13.6 Å². The molecule has 0 atom stereocenters. The number of benzene rings is 3. The van der Waals surface area contributed by atoms with E-state index in [9.17, 15) is 0 Å². The van der Waals surface area contributed by atoms with E-state index < -0.39 is 13.6 Å². The van der Waals surface area contributed by atoms with Gasteiger partial charge in [0.05, 0.1) is 0 Å². The fraction of sp³-hybridized carbons (Fsp3) is 0.100. The first-order chi connectivity index (χ1) is 10.4. The second-order valence-electron chi connectivity index (χ2n) is 5.13. The Bertz CT molecular complexity index is 584. The van der Waals surface area contributed by atoms with Crippen LogP contribution in [-0.2, 0) is 0 Å². The summed E-state index contributed by atoms with van der Waals surface area (Å²) in [6, 6.07) is 33.3. The van der Waals surface area contributed by atoms with Crippen molar-refractivity contribution in [3.63, 3.8) is 0 Å². The molecule has 3 rings (SSSR count). The summed E-state index contributed by atoms with van der Waals surface area (Å²) >= 11 is -2.33. The van der Waals surface area contributed by atoms with Gasteiger partial charge in [0.25, 0.3) is 0 Å². The van der Waals surface area contributed by atoms with E-state index in [-0.39, 0.29) is 12.4 Å². The fourth-order valence-electron chi connectivity index (χ4n) is 3.04. The molecule has 0 heterocycles. The van der Waals surface area contributed by atoms with Crippen LogP contribution in [0.4, 0.5) is 0 Å². The second kappa shape index (κ2) is 7.67. The molecule has 0 aliphatic rings. The fourth-order valence-corrected chi connectivity index (χ4v) is 11.5. The van der Waals surface area contributed by atoms with Gasteiger partial charge < -0.3 is 12.4 Å². The molecule has 0 bridgehead atoms. The molecule has 0 saturated carbocycles. The smallest absolute Gasteiger partial charge is 1.00 e. The van der Waals surface area contributed by atoms with Crippen LogP contribution in [0.3, 0.4) is 0 Å². The summed E-state index contributed by atoms with van der Waals surface area (Å²) in [5.41, 5.74) is 0. The van der Waals surface area contributed by atoms with Crippen molar-refractivity contribution in [1.29, 1.82) is 0 Å². The van der Waals surface area contributed by atoms with Crippen LogP contribution in [0.25, 0.3) is 0 Å². The molecular formula is C20H20AsCl. The van der Waals surface area contributed by atoms with Crippen molar-refractivity contribution < 1.29 is 12.4 Å². The van der Waals surface area contributed by atoms with E-state index in [0.29, 0.717) is 0 Å². The Morgan fingerprint density at radius 2 is 0.818 bits per heavy atom. The first-order valence-corrected chi connectivity index (χ1v) is 11.6. The van der Waals surface area contributed by atoms with E-state index in [1.54, 1.807) is 0 Å². The van der Waals surface area contributed by atoms with Crippen LogP contribution in [0.15, 0.2) is 91.0 Å². The van der Waals surface area contributed by atoms with E-state index >= 15 is 0 Å². The van der Waals surface area contributed by atoms with Gasteiger partial charge in [-0.05, 0) is 0 Å². The molecule has 0 fully saturated rings. The van der Waals surface area contributed by atoms with Crippen molar-refractivity contribution in [2.24, 2.45) is 0 Å². The summed E-state index contributed by atoms with van der Waals surface area (Å²) < 4.78 is 4.57. The van der Waals surface area contributed by atoms with Crippen LogP contribution in [0.2, 0.25) is 5.21 Å². The SMILES string of the molecule is CC[As+](c1ccccc1)(c1ccccc1)c1ccccc1.[Cl-]. The summed E-state index contributed by atoms with van der Waals surface area (Å²) in [5.74, 6) is 0. The zero-order chi connectivity index (χ0) is 14.5. The first-order valence-electron chi connectivity index (χ1n) is 7.43. The predicted octanol–water partition coefficient (Wildman–Crippen LogP) is 0.181. The Balaban J connectivity index is 0.00000176. The normalized spacial score (nSPS) is 10.8. The molecule has 112 valence electrons. The van der Waals surface area contributed by atoms with Gasteiger partial charge in [-0.3, -0.25) is 0 Å². The Hall–Kier alpha value is -1.49. The van der Waals surface area contributed by atoms with Crippen LogP contribution >= 0.6 is 0 Å². The maximum absolute atomic E-state index is 2.35. The van der Waals surface area contributed by atoms with Gasteiger partial charge in [-0.15, -0.1) is 0 Å². The van der Waals surface area contributed by atoms with E-state index in [1.165, 1.54) is 18.3 Å². The number of hydrogen-bond donors (Lipinski definition) is 0. The zero-order valence-corrected chi connectivity index (χ0v) is 15.3. The van der Waals surface area contributed by atoms with E-state index in [4.69, 9.17) is 0 Å². The minimum Gasteiger partial charge on any atom is -1.00 e. The van der Waals surface area contributed by atoms with Gasteiger partial charge in [-0.2, -0.15) is 0 Å². The molecule has 3 aromatic carbocycles. The Morgan fingerprint density at radius 1 is 0.545 bits per heavy atom. The molecule has 0 amide bonds. The monoisotopic (exact) mass is 370 g/mol. The summed E-state index contributed by atoms with van der Waals surface area (Å²) in [4.78, 5) is 0.